The van der Waals surface area contributed by atoms with Crippen molar-refractivity contribution in [3.8, 4) is 17.1 Å². The van der Waals surface area contributed by atoms with E-state index in [0.717, 1.165) is 48.3 Å². The highest BCUT2D eigenvalue weighted by molar-refractivity contribution is 7.98. The highest BCUT2D eigenvalue weighted by atomic mass is 35.5. The lowest BCUT2D eigenvalue weighted by Crippen LogP contribution is -2.22. The summed E-state index contributed by atoms with van der Waals surface area (Å²) in [6.45, 7) is 1.92. The number of para-hydroxylation sites is 1. The second-order valence-corrected chi connectivity index (χ2v) is 8.85. The molecule has 4 aromatic rings. The van der Waals surface area contributed by atoms with Gasteiger partial charge in [-0.2, -0.15) is 0 Å². The van der Waals surface area contributed by atoms with Gasteiger partial charge in [-0.3, -0.25) is 4.57 Å². The van der Waals surface area contributed by atoms with Gasteiger partial charge >= 0.3 is 0 Å². The van der Waals surface area contributed by atoms with Gasteiger partial charge in [-0.15, -0.1) is 20.4 Å². The van der Waals surface area contributed by atoms with Gasteiger partial charge in [-0.05, 0) is 49.2 Å². The zero-order valence-electron chi connectivity index (χ0n) is 16.4. The summed E-state index contributed by atoms with van der Waals surface area (Å²) in [5, 5.41) is 19.3. The van der Waals surface area contributed by atoms with Crippen molar-refractivity contribution in [2.75, 3.05) is 18.0 Å². The minimum absolute atomic E-state index is 0.456. The monoisotopic (exact) mass is 472 g/mol. The topological polar surface area (TPSA) is 72.9 Å². The molecule has 0 bridgehead atoms. The third kappa shape index (κ3) is 4.28. The number of aromatic nitrogens is 5. The predicted molar refractivity (Wildman–Crippen MR) is 122 cm³/mol. The summed E-state index contributed by atoms with van der Waals surface area (Å²) >= 11 is 13.9. The molecule has 2 aromatic heterocycles. The molecule has 2 aromatic carbocycles. The van der Waals surface area contributed by atoms with Crippen LogP contribution in [0.2, 0.25) is 10.0 Å². The van der Waals surface area contributed by atoms with Crippen LogP contribution in [0.5, 0.6) is 0 Å². The van der Waals surface area contributed by atoms with Gasteiger partial charge in [0.05, 0.1) is 16.5 Å². The Bertz CT molecular complexity index is 1190. The van der Waals surface area contributed by atoms with Crippen molar-refractivity contribution in [1.29, 1.82) is 0 Å². The number of hydrogen-bond donors (Lipinski definition) is 0. The molecule has 31 heavy (non-hydrogen) atoms. The van der Waals surface area contributed by atoms with Crippen LogP contribution in [0.1, 0.15) is 18.7 Å². The van der Waals surface area contributed by atoms with Gasteiger partial charge in [0, 0.05) is 23.7 Å². The number of hydrogen-bond acceptors (Lipinski definition) is 7. The van der Waals surface area contributed by atoms with E-state index in [1.165, 1.54) is 11.8 Å². The summed E-state index contributed by atoms with van der Waals surface area (Å²) in [5.74, 6) is 2.23. The third-order valence-electron chi connectivity index (χ3n) is 4.98. The minimum Gasteiger partial charge on any atom is -0.420 e. The Hall–Kier alpha value is -2.55. The third-order valence-corrected chi connectivity index (χ3v) is 6.47. The van der Waals surface area contributed by atoms with E-state index in [1.807, 2.05) is 41.0 Å². The van der Waals surface area contributed by atoms with Crippen molar-refractivity contribution in [3.05, 3.63) is 64.5 Å². The van der Waals surface area contributed by atoms with Gasteiger partial charge in [-0.1, -0.05) is 47.1 Å². The van der Waals surface area contributed by atoms with Gasteiger partial charge in [0.15, 0.2) is 5.16 Å². The molecule has 0 amide bonds. The van der Waals surface area contributed by atoms with Gasteiger partial charge < -0.3 is 9.32 Å². The van der Waals surface area contributed by atoms with E-state index in [1.54, 1.807) is 12.1 Å². The lowest BCUT2D eigenvalue weighted by atomic mass is 10.2. The molecule has 1 aliphatic rings. The normalized spacial score (nSPS) is 13.8. The molecule has 0 spiro atoms. The Balaban J connectivity index is 1.41. The van der Waals surface area contributed by atoms with Crippen LogP contribution in [0.4, 0.5) is 5.95 Å². The number of anilines is 1. The zero-order valence-corrected chi connectivity index (χ0v) is 18.7. The average molecular weight is 473 g/mol. The lowest BCUT2D eigenvalue weighted by Gasteiger charge is -2.18. The maximum atomic E-state index is 6.51. The van der Waals surface area contributed by atoms with Crippen LogP contribution in [-0.4, -0.2) is 38.1 Å². The largest absolute Gasteiger partial charge is 0.420 e. The van der Waals surface area contributed by atoms with Crippen LogP contribution < -0.4 is 4.90 Å². The SMILES string of the molecule is Clc1ccc(-c2nnc(CSc3nnc(N4CCCC4)n3-c3ccccc3Cl)o2)cc1. The molecule has 1 saturated heterocycles. The highest BCUT2D eigenvalue weighted by Gasteiger charge is 2.24. The fourth-order valence-corrected chi connectivity index (χ4v) is 4.59. The number of nitrogens with zero attached hydrogens (tertiary/aromatic N) is 6. The van der Waals surface area contributed by atoms with Gasteiger partial charge in [0.25, 0.3) is 0 Å². The highest BCUT2D eigenvalue weighted by Crippen LogP contribution is 2.33. The number of halogens is 2. The van der Waals surface area contributed by atoms with E-state index in [0.29, 0.717) is 27.6 Å². The first kappa shape index (κ1) is 20.4. The molecule has 0 unspecified atom stereocenters. The number of benzene rings is 2. The summed E-state index contributed by atoms with van der Waals surface area (Å²) in [4.78, 5) is 2.24. The number of thioether (sulfide) groups is 1. The predicted octanol–water partition coefficient (Wildman–Crippen LogP) is 5.52. The standard InChI is InChI=1S/C21H18Cl2N6OS/c22-15-9-7-14(8-10-15)19-25-24-18(30-19)13-31-21-27-26-20(28-11-3-4-12-28)29(21)17-6-2-1-5-16(17)23/h1-2,5-10H,3-4,11-13H2. The Morgan fingerprint density at radius 2 is 1.68 bits per heavy atom. The maximum Gasteiger partial charge on any atom is 0.247 e. The lowest BCUT2D eigenvalue weighted by molar-refractivity contribution is 0.528. The van der Waals surface area contributed by atoms with E-state index in [-0.39, 0.29) is 0 Å². The van der Waals surface area contributed by atoms with E-state index in [9.17, 15) is 0 Å². The van der Waals surface area contributed by atoms with Gasteiger partial charge in [0.1, 0.15) is 0 Å². The summed E-state index contributed by atoms with van der Waals surface area (Å²) in [6, 6.07) is 15.0. The summed E-state index contributed by atoms with van der Waals surface area (Å²) in [5.41, 5.74) is 1.68. The first-order chi connectivity index (χ1) is 15.2. The van der Waals surface area contributed by atoms with Crippen molar-refractivity contribution in [2.24, 2.45) is 0 Å². The van der Waals surface area contributed by atoms with E-state index in [4.69, 9.17) is 27.6 Å². The van der Waals surface area contributed by atoms with Crippen LogP contribution in [0.15, 0.2) is 58.1 Å². The van der Waals surface area contributed by atoms with Crippen molar-refractivity contribution >= 4 is 40.9 Å². The molecule has 158 valence electrons. The second kappa shape index (κ2) is 8.90. The summed E-state index contributed by atoms with van der Waals surface area (Å²) in [6.07, 6.45) is 2.29. The average Bonchev–Trinajstić information content (AvgIpc) is 3.53. The molecule has 5 rings (SSSR count). The van der Waals surface area contributed by atoms with Crippen LogP contribution in [0.3, 0.4) is 0 Å². The van der Waals surface area contributed by atoms with Crippen molar-refractivity contribution in [2.45, 2.75) is 23.8 Å². The Morgan fingerprint density at radius 3 is 2.45 bits per heavy atom. The van der Waals surface area contributed by atoms with E-state index < -0.39 is 0 Å². The van der Waals surface area contributed by atoms with E-state index >= 15 is 0 Å². The van der Waals surface area contributed by atoms with E-state index in [2.05, 4.69) is 25.3 Å². The van der Waals surface area contributed by atoms with Crippen molar-refractivity contribution < 1.29 is 4.42 Å². The smallest absolute Gasteiger partial charge is 0.247 e. The maximum absolute atomic E-state index is 6.51. The molecule has 0 saturated carbocycles. The fourth-order valence-electron chi connectivity index (χ4n) is 3.47. The number of rotatable bonds is 6. The molecule has 0 aliphatic carbocycles. The molecule has 1 fully saturated rings. The second-order valence-electron chi connectivity index (χ2n) is 7.06. The molecular weight excluding hydrogens is 455 g/mol. The molecule has 3 heterocycles. The van der Waals surface area contributed by atoms with Crippen LogP contribution in [-0.2, 0) is 5.75 Å². The van der Waals surface area contributed by atoms with Crippen molar-refractivity contribution in [1.82, 2.24) is 25.0 Å². The molecule has 1 aliphatic heterocycles. The van der Waals surface area contributed by atoms with Crippen LogP contribution >= 0.6 is 35.0 Å². The first-order valence-corrected chi connectivity index (χ1v) is 11.6. The summed E-state index contributed by atoms with van der Waals surface area (Å²) < 4.78 is 7.84. The van der Waals surface area contributed by atoms with Gasteiger partial charge in [-0.25, -0.2) is 0 Å². The summed E-state index contributed by atoms with van der Waals surface area (Å²) in [7, 11) is 0. The Kier molecular flexibility index (Phi) is 5.85. The molecule has 7 nitrogen and oxygen atoms in total. The molecule has 10 heteroatoms. The minimum atomic E-state index is 0.456. The van der Waals surface area contributed by atoms with Crippen LogP contribution in [0.25, 0.3) is 17.1 Å². The Morgan fingerprint density at radius 1 is 0.903 bits per heavy atom. The molecular formula is C21H18Cl2N6OS. The molecule has 0 radical (unpaired) electrons. The Labute approximate surface area is 193 Å². The van der Waals surface area contributed by atoms with Crippen molar-refractivity contribution in [3.63, 3.8) is 0 Å². The zero-order chi connectivity index (χ0) is 21.2. The van der Waals surface area contributed by atoms with Crippen LogP contribution in [0, 0.1) is 0 Å². The molecule has 0 atom stereocenters. The quantitative estimate of drug-likeness (QED) is 0.342. The van der Waals surface area contributed by atoms with Gasteiger partial charge in [0.2, 0.25) is 17.7 Å². The first-order valence-electron chi connectivity index (χ1n) is 9.85. The fraction of sp³-hybridized carbons (Fsp3) is 0.238. The molecule has 0 N–H and O–H groups in total.